The predicted octanol–water partition coefficient (Wildman–Crippen LogP) is 2.88. The first-order chi connectivity index (χ1) is 14.6. The van der Waals surface area contributed by atoms with E-state index in [1.165, 1.54) is 27.4 Å². The molecule has 0 fully saturated rings. The maximum absolute atomic E-state index is 12.4. The van der Waals surface area contributed by atoms with E-state index in [4.69, 9.17) is 23.7 Å². The van der Waals surface area contributed by atoms with E-state index in [2.05, 4.69) is 11.4 Å². The molecule has 0 spiro atoms. The summed E-state index contributed by atoms with van der Waals surface area (Å²) >= 11 is 0. The quantitative estimate of drug-likeness (QED) is 0.701. The average Bonchev–Trinajstić information content (AvgIpc) is 2.79. The minimum Gasteiger partial charge on any atom is -0.493 e. The highest BCUT2D eigenvalue weighted by molar-refractivity contribution is 5.92. The molecule has 1 N–H and O–H groups in total. The molecule has 1 atom stereocenters. The van der Waals surface area contributed by atoms with Crippen molar-refractivity contribution in [2.75, 3.05) is 34.5 Å². The summed E-state index contributed by atoms with van der Waals surface area (Å²) in [5.74, 6) is 2.09. The minimum atomic E-state index is -0.906. The van der Waals surface area contributed by atoms with Crippen molar-refractivity contribution >= 4 is 12.0 Å². The van der Waals surface area contributed by atoms with Gasteiger partial charge in [-0.1, -0.05) is 6.07 Å². The van der Waals surface area contributed by atoms with E-state index >= 15 is 0 Å². The summed E-state index contributed by atoms with van der Waals surface area (Å²) < 4.78 is 26.9. The van der Waals surface area contributed by atoms with Gasteiger partial charge in [0.15, 0.2) is 23.0 Å². The highest BCUT2D eigenvalue weighted by Gasteiger charge is 2.19. The van der Waals surface area contributed by atoms with Gasteiger partial charge in [-0.05, 0) is 41.5 Å². The number of carbonyl (C=O) groups excluding carboxylic acids is 1. The van der Waals surface area contributed by atoms with Gasteiger partial charge in [0.25, 0.3) is 0 Å². The van der Waals surface area contributed by atoms with E-state index in [1.54, 1.807) is 30.3 Å². The molecule has 0 saturated heterocycles. The van der Waals surface area contributed by atoms with Crippen molar-refractivity contribution in [1.82, 2.24) is 5.32 Å². The summed E-state index contributed by atoms with van der Waals surface area (Å²) in [6.07, 6.45) is 2.99. The van der Waals surface area contributed by atoms with Crippen molar-refractivity contribution in [3.05, 3.63) is 47.5 Å². The zero-order valence-corrected chi connectivity index (χ0v) is 16.9. The van der Waals surface area contributed by atoms with Gasteiger partial charge < -0.3 is 29.0 Å². The molecule has 8 heteroatoms. The largest absolute Gasteiger partial charge is 0.493 e. The zero-order valence-electron chi connectivity index (χ0n) is 16.9. The Labute approximate surface area is 174 Å². The van der Waals surface area contributed by atoms with Crippen LogP contribution >= 0.6 is 0 Å². The third-order valence-corrected chi connectivity index (χ3v) is 4.43. The maximum Gasteiger partial charge on any atom is 0.245 e. The second kappa shape index (κ2) is 9.56. The van der Waals surface area contributed by atoms with Crippen molar-refractivity contribution in [3.8, 4) is 34.8 Å². The Morgan fingerprint density at radius 3 is 2.33 bits per heavy atom. The zero-order chi connectivity index (χ0) is 21.5. The van der Waals surface area contributed by atoms with Crippen LogP contribution in [0.25, 0.3) is 6.08 Å². The molecule has 2 aromatic carbocycles. The number of nitriles is 1. The van der Waals surface area contributed by atoms with Gasteiger partial charge in [0.1, 0.15) is 19.3 Å². The van der Waals surface area contributed by atoms with E-state index < -0.39 is 11.9 Å². The Morgan fingerprint density at radius 2 is 1.73 bits per heavy atom. The topological polar surface area (TPSA) is 99.0 Å². The summed E-state index contributed by atoms with van der Waals surface area (Å²) in [6.45, 7) is 1.00. The van der Waals surface area contributed by atoms with Crippen molar-refractivity contribution < 1.29 is 28.5 Å². The second-order valence-corrected chi connectivity index (χ2v) is 6.27. The van der Waals surface area contributed by atoms with E-state index in [-0.39, 0.29) is 0 Å². The highest BCUT2D eigenvalue weighted by Crippen LogP contribution is 2.39. The van der Waals surface area contributed by atoms with Gasteiger partial charge in [-0.25, -0.2) is 0 Å². The molecule has 0 saturated carbocycles. The standard InChI is InChI=1S/C22H22N2O6/c1-26-19-11-15(12-20(27-2)22(19)28-3)16(13-23)24-21(25)7-5-14-4-6-17-18(10-14)30-9-8-29-17/h4-7,10-12,16H,8-9H2,1-3H3,(H,24,25)/b7-5+. The lowest BCUT2D eigenvalue weighted by molar-refractivity contribution is -0.116. The maximum atomic E-state index is 12.4. The lowest BCUT2D eigenvalue weighted by Crippen LogP contribution is -2.25. The Balaban J connectivity index is 1.75. The predicted molar refractivity (Wildman–Crippen MR) is 109 cm³/mol. The molecule has 1 aliphatic heterocycles. The van der Waals surface area contributed by atoms with Gasteiger partial charge in [0.05, 0.1) is 27.4 Å². The minimum absolute atomic E-state index is 0.396. The van der Waals surface area contributed by atoms with E-state index in [0.717, 1.165) is 5.56 Å². The first-order valence-corrected chi connectivity index (χ1v) is 9.17. The fourth-order valence-electron chi connectivity index (χ4n) is 2.98. The molecule has 0 aliphatic carbocycles. The summed E-state index contributed by atoms with van der Waals surface area (Å²) in [4.78, 5) is 12.4. The van der Waals surface area contributed by atoms with E-state index in [0.29, 0.717) is 47.5 Å². The van der Waals surface area contributed by atoms with Crippen LogP contribution in [0.5, 0.6) is 28.7 Å². The van der Waals surface area contributed by atoms with Gasteiger partial charge in [-0.2, -0.15) is 5.26 Å². The highest BCUT2D eigenvalue weighted by atomic mass is 16.6. The summed E-state index contributed by atoms with van der Waals surface area (Å²) in [5.41, 5.74) is 1.28. The van der Waals surface area contributed by atoms with Crippen LogP contribution < -0.4 is 29.0 Å². The molecular formula is C22H22N2O6. The number of hydrogen-bond acceptors (Lipinski definition) is 7. The van der Waals surface area contributed by atoms with Crippen LogP contribution in [-0.2, 0) is 4.79 Å². The van der Waals surface area contributed by atoms with Gasteiger partial charge in [-0.15, -0.1) is 0 Å². The Hall–Kier alpha value is -3.86. The van der Waals surface area contributed by atoms with Crippen LogP contribution in [0.1, 0.15) is 17.2 Å². The monoisotopic (exact) mass is 410 g/mol. The molecule has 0 bridgehead atoms. The fourth-order valence-corrected chi connectivity index (χ4v) is 2.98. The molecule has 2 aromatic rings. The Bertz CT molecular complexity index is 971. The molecule has 1 amide bonds. The van der Waals surface area contributed by atoms with Crippen LogP contribution in [0.4, 0.5) is 0 Å². The van der Waals surface area contributed by atoms with Crippen LogP contribution in [0.2, 0.25) is 0 Å². The number of nitrogens with one attached hydrogen (secondary N) is 1. The number of nitrogens with zero attached hydrogens (tertiary/aromatic N) is 1. The smallest absolute Gasteiger partial charge is 0.245 e. The molecule has 8 nitrogen and oxygen atoms in total. The SMILES string of the molecule is COc1cc(C(C#N)NC(=O)/C=C/c2ccc3c(c2)OCCO3)cc(OC)c1OC. The molecule has 0 aromatic heterocycles. The third-order valence-electron chi connectivity index (χ3n) is 4.43. The molecule has 156 valence electrons. The van der Waals surface area contributed by atoms with Crippen LogP contribution in [-0.4, -0.2) is 40.5 Å². The summed E-state index contributed by atoms with van der Waals surface area (Å²) in [6, 6.07) is 9.82. The first-order valence-electron chi connectivity index (χ1n) is 9.17. The van der Waals surface area contributed by atoms with Crippen LogP contribution in [0.15, 0.2) is 36.4 Å². The number of amides is 1. The second-order valence-electron chi connectivity index (χ2n) is 6.27. The van der Waals surface area contributed by atoms with Gasteiger partial charge >= 0.3 is 0 Å². The average molecular weight is 410 g/mol. The fraction of sp³-hybridized carbons (Fsp3) is 0.273. The Morgan fingerprint density at radius 1 is 1.07 bits per heavy atom. The van der Waals surface area contributed by atoms with Crippen LogP contribution in [0, 0.1) is 11.3 Å². The lowest BCUT2D eigenvalue weighted by atomic mass is 10.1. The summed E-state index contributed by atoms with van der Waals surface area (Å²) in [7, 11) is 4.46. The molecule has 1 unspecified atom stereocenters. The number of methoxy groups -OCH3 is 3. The van der Waals surface area contributed by atoms with E-state index in [1.807, 2.05) is 6.07 Å². The van der Waals surface area contributed by atoms with Gasteiger partial charge in [0, 0.05) is 6.08 Å². The normalized spacial score (nSPS) is 13.3. The van der Waals surface area contributed by atoms with Crippen LogP contribution in [0.3, 0.4) is 0 Å². The number of fused-ring (bicyclic) bond motifs is 1. The molecule has 3 rings (SSSR count). The molecule has 0 radical (unpaired) electrons. The summed E-state index contributed by atoms with van der Waals surface area (Å²) in [5, 5.41) is 12.2. The Kier molecular flexibility index (Phi) is 6.65. The number of ether oxygens (including phenoxy) is 5. The third kappa shape index (κ3) is 4.58. The molecule has 1 aliphatic rings. The van der Waals surface area contributed by atoms with Crippen molar-refractivity contribution in [3.63, 3.8) is 0 Å². The first kappa shape index (κ1) is 20.9. The van der Waals surface area contributed by atoms with Crippen molar-refractivity contribution in [2.45, 2.75) is 6.04 Å². The van der Waals surface area contributed by atoms with Gasteiger partial charge in [-0.3, -0.25) is 4.79 Å². The number of carbonyl (C=O) groups is 1. The molecule has 1 heterocycles. The lowest BCUT2D eigenvalue weighted by Gasteiger charge is -2.18. The van der Waals surface area contributed by atoms with Gasteiger partial charge in [0.2, 0.25) is 11.7 Å². The molecular weight excluding hydrogens is 388 g/mol. The number of benzene rings is 2. The number of hydrogen-bond donors (Lipinski definition) is 1. The van der Waals surface area contributed by atoms with Crippen molar-refractivity contribution in [1.29, 1.82) is 5.26 Å². The van der Waals surface area contributed by atoms with Crippen molar-refractivity contribution in [2.24, 2.45) is 0 Å². The van der Waals surface area contributed by atoms with E-state index in [9.17, 15) is 10.1 Å². The molecule has 30 heavy (non-hydrogen) atoms. The number of rotatable bonds is 7.